The Hall–Kier alpha value is -2.65. The van der Waals surface area contributed by atoms with Crippen LogP contribution in [0.15, 0.2) is 95.8 Å². The number of aryl methyl sites for hydroxylation is 1. The second-order valence-electron chi connectivity index (χ2n) is 11.1. The van der Waals surface area contributed by atoms with E-state index in [4.69, 9.17) is 0 Å². The monoisotopic (exact) mass is 599 g/mol. The number of hydrogen-bond donors (Lipinski definition) is 1. The van der Waals surface area contributed by atoms with Crippen molar-refractivity contribution in [2.75, 3.05) is 12.7 Å². The lowest BCUT2D eigenvalue weighted by Crippen LogP contribution is -2.28. The molecule has 0 bridgehead atoms. The van der Waals surface area contributed by atoms with Gasteiger partial charge in [-0.2, -0.15) is 13.2 Å². The average Bonchev–Trinajstić information content (AvgIpc) is 3.70. The molecular weight excluding hydrogens is 553 g/mol. The van der Waals surface area contributed by atoms with Crippen LogP contribution < -0.4 is 5.32 Å². The first kappa shape index (κ1) is 33.8. The molecule has 3 unspecified atom stereocenters. The SMILES string of the molecule is C=C(Cc1ccccc1CC1CCC2=CC(CC)=C(/C=C\C)CC23CP13)NCC(F)(F)F.CC.Cc1ccc(F)cc1. The van der Waals surface area contributed by atoms with Crippen LogP contribution in [0.5, 0.6) is 0 Å². The van der Waals surface area contributed by atoms with Crippen molar-refractivity contribution in [1.82, 2.24) is 5.32 Å². The molecule has 5 rings (SSSR count). The van der Waals surface area contributed by atoms with Crippen molar-refractivity contribution in [2.24, 2.45) is 0 Å². The fraction of sp³-hybridized carbons (Fsp3) is 0.444. The molecular formula is C36H46F4NP. The topological polar surface area (TPSA) is 12.0 Å². The first-order chi connectivity index (χ1) is 20.0. The van der Waals surface area contributed by atoms with E-state index in [1.807, 2.05) is 32.9 Å². The Morgan fingerprint density at radius 3 is 2.36 bits per heavy atom. The molecule has 2 aromatic rings. The lowest BCUT2D eigenvalue weighted by atomic mass is 9.81. The van der Waals surface area contributed by atoms with Gasteiger partial charge in [0.25, 0.3) is 0 Å². The predicted octanol–water partition coefficient (Wildman–Crippen LogP) is 10.6. The molecule has 2 aromatic carbocycles. The molecule has 2 saturated heterocycles. The highest BCUT2D eigenvalue weighted by molar-refractivity contribution is 7.68. The van der Waals surface area contributed by atoms with Crippen LogP contribution in [0.1, 0.15) is 70.1 Å². The standard InChI is InChI=1S/C27H33F3NP.C7H7F.C2H6/c1-4-8-23-16-26-18-32(26)25(12-11-24(26)14-20(23)5-2)15-22-10-7-6-9-21(22)13-19(3)31-17-27(28,29)30;1-6-2-4-7(8)5-3-6;1-2/h4,6-10,14,25,31H,3,5,11-13,15-18H2,1-2H3;2-5H,1H3;1-2H3/b8-4-;;. The fourth-order valence-electron chi connectivity index (χ4n) is 6.07. The Balaban J connectivity index is 0.000000414. The summed E-state index contributed by atoms with van der Waals surface area (Å²) in [6.07, 6.45) is 10.3. The lowest BCUT2D eigenvalue weighted by Gasteiger charge is -2.35. The van der Waals surface area contributed by atoms with Gasteiger partial charge < -0.3 is 5.32 Å². The largest absolute Gasteiger partial charge is 0.405 e. The van der Waals surface area contributed by atoms with Crippen LogP contribution in [-0.2, 0) is 12.8 Å². The molecule has 3 atom stereocenters. The van der Waals surface area contributed by atoms with Gasteiger partial charge in [0.2, 0.25) is 0 Å². The maximum atomic E-state index is 12.5. The first-order valence-corrected chi connectivity index (χ1v) is 16.7. The Bertz CT molecular complexity index is 1270. The first-order valence-electron chi connectivity index (χ1n) is 15.1. The molecule has 0 radical (unpaired) electrons. The van der Waals surface area contributed by atoms with Gasteiger partial charge in [-0.15, -0.1) is 0 Å². The summed E-state index contributed by atoms with van der Waals surface area (Å²) < 4.78 is 49.7. The van der Waals surface area contributed by atoms with E-state index in [1.54, 1.807) is 17.7 Å². The van der Waals surface area contributed by atoms with E-state index in [2.05, 4.69) is 56.1 Å². The van der Waals surface area contributed by atoms with Crippen LogP contribution in [0.25, 0.3) is 0 Å². The molecule has 2 fully saturated rings. The van der Waals surface area contributed by atoms with E-state index < -0.39 is 12.7 Å². The third-order valence-corrected chi connectivity index (χ3v) is 11.7. The minimum absolute atomic E-state index is 0.0298. The van der Waals surface area contributed by atoms with Crippen molar-refractivity contribution in [1.29, 1.82) is 0 Å². The number of alkyl halides is 3. The minimum Gasteiger partial charge on any atom is -0.380 e. The van der Waals surface area contributed by atoms with Gasteiger partial charge in [0.15, 0.2) is 0 Å². The van der Waals surface area contributed by atoms with Crippen LogP contribution in [-0.4, -0.2) is 29.7 Å². The van der Waals surface area contributed by atoms with Crippen LogP contribution in [0.2, 0.25) is 0 Å². The van der Waals surface area contributed by atoms with Crippen molar-refractivity contribution in [3.8, 4) is 0 Å². The van der Waals surface area contributed by atoms with E-state index in [0.717, 1.165) is 24.0 Å². The van der Waals surface area contributed by atoms with Gasteiger partial charge in [-0.25, -0.2) is 4.39 Å². The maximum absolute atomic E-state index is 12.5. The molecule has 228 valence electrons. The Morgan fingerprint density at radius 2 is 1.76 bits per heavy atom. The maximum Gasteiger partial charge on any atom is 0.405 e. The van der Waals surface area contributed by atoms with Crippen molar-refractivity contribution >= 4 is 7.92 Å². The van der Waals surface area contributed by atoms with Crippen molar-refractivity contribution in [3.05, 3.63) is 118 Å². The number of benzene rings is 2. The van der Waals surface area contributed by atoms with Crippen LogP contribution in [0.4, 0.5) is 17.6 Å². The molecule has 2 heterocycles. The number of allylic oxidation sites excluding steroid dienone is 7. The molecule has 3 aliphatic rings. The van der Waals surface area contributed by atoms with Crippen molar-refractivity contribution in [3.63, 3.8) is 0 Å². The molecule has 2 aliphatic heterocycles. The number of rotatable bonds is 8. The van der Waals surface area contributed by atoms with Crippen molar-refractivity contribution in [2.45, 2.75) is 90.1 Å². The van der Waals surface area contributed by atoms with Crippen LogP contribution in [0, 0.1) is 12.7 Å². The summed E-state index contributed by atoms with van der Waals surface area (Å²) in [5.41, 5.74) is 9.34. The predicted molar refractivity (Wildman–Crippen MR) is 172 cm³/mol. The third kappa shape index (κ3) is 8.93. The van der Waals surface area contributed by atoms with Gasteiger partial charge >= 0.3 is 6.18 Å². The second-order valence-corrected chi connectivity index (χ2v) is 14.0. The quantitative estimate of drug-likeness (QED) is 0.235. The van der Waals surface area contributed by atoms with Crippen LogP contribution in [0.3, 0.4) is 0 Å². The molecule has 42 heavy (non-hydrogen) atoms. The van der Waals surface area contributed by atoms with Crippen molar-refractivity contribution < 1.29 is 17.6 Å². The molecule has 1 spiro atoms. The Labute approximate surface area is 251 Å². The summed E-state index contributed by atoms with van der Waals surface area (Å²) in [5.74, 6) is -0.171. The van der Waals surface area contributed by atoms with Gasteiger partial charge in [0.1, 0.15) is 12.4 Å². The lowest BCUT2D eigenvalue weighted by molar-refractivity contribution is -0.123. The Kier molecular flexibility index (Phi) is 12.2. The average molecular weight is 600 g/mol. The summed E-state index contributed by atoms with van der Waals surface area (Å²) in [7, 11) is -0.0298. The molecule has 1 aliphatic carbocycles. The zero-order valence-corrected chi connectivity index (χ0v) is 26.6. The zero-order chi connectivity index (χ0) is 30.9. The van der Waals surface area contributed by atoms with E-state index in [0.29, 0.717) is 22.9 Å². The third-order valence-electron chi connectivity index (χ3n) is 8.18. The smallest absolute Gasteiger partial charge is 0.380 e. The van der Waals surface area contributed by atoms with Gasteiger partial charge in [-0.05, 0) is 92.2 Å². The highest BCUT2D eigenvalue weighted by Crippen LogP contribution is 2.81. The summed E-state index contributed by atoms with van der Waals surface area (Å²) >= 11 is 0. The fourth-order valence-corrected chi connectivity index (χ4v) is 9.86. The summed E-state index contributed by atoms with van der Waals surface area (Å²) in [5, 5.41) is 2.88. The van der Waals surface area contributed by atoms with E-state index in [-0.39, 0.29) is 13.7 Å². The van der Waals surface area contributed by atoms with Crippen LogP contribution >= 0.6 is 7.92 Å². The Morgan fingerprint density at radius 1 is 1.10 bits per heavy atom. The molecule has 1 N–H and O–H groups in total. The highest BCUT2D eigenvalue weighted by atomic mass is 31.1. The second kappa shape index (κ2) is 15.2. The molecule has 0 saturated carbocycles. The number of halogens is 4. The summed E-state index contributed by atoms with van der Waals surface area (Å²) in [6, 6.07) is 14.6. The normalized spacial score (nSPS) is 22.5. The number of nitrogens with one attached hydrogen (secondary N) is 1. The van der Waals surface area contributed by atoms with E-state index in [9.17, 15) is 17.6 Å². The van der Waals surface area contributed by atoms with Gasteiger partial charge in [-0.3, -0.25) is 0 Å². The van der Waals surface area contributed by atoms with Gasteiger partial charge in [0, 0.05) is 17.3 Å². The van der Waals surface area contributed by atoms with E-state index in [1.165, 1.54) is 54.3 Å². The molecule has 0 aromatic heterocycles. The van der Waals surface area contributed by atoms with Gasteiger partial charge in [-0.1, -0.05) is 101 Å². The highest BCUT2D eigenvalue weighted by Gasteiger charge is 2.61. The minimum atomic E-state index is -4.23. The summed E-state index contributed by atoms with van der Waals surface area (Å²) in [4.78, 5) is 0. The zero-order valence-electron chi connectivity index (χ0n) is 25.8. The molecule has 6 heteroatoms. The van der Waals surface area contributed by atoms with E-state index >= 15 is 0 Å². The molecule has 0 amide bonds. The molecule has 1 nitrogen and oxygen atoms in total. The van der Waals surface area contributed by atoms with Gasteiger partial charge in [0.05, 0.1) is 0 Å². The summed E-state index contributed by atoms with van der Waals surface area (Å²) in [6.45, 7) is 13.1. The number of hydrogen-bond acceptors (Lipinski definition) is 1.